The predicted octanol–water partition coefficient (Wildman–Crippen LogP) is 4.04. The second-order valence-corrected chi connectivity index (χ2v) is 8.39. The molecule has 4 aliphatic rings. The third kappa shape index (κ3) is 2.92. The van der Waals surface area contributed by atoms with Crippen molar-refractivity contribution in [2.45, 2.75) is 37.4 Å². The Kier molecular flexibility index (Phi) is 4.60. The van der Waals surface area contributed by atoms with Crippen LogP contribution in [0.1, 0.15) is 29.9 Å². The Morgan fingerprint density at radius 3 is 2.61 bits per heavy atom. The zero-order valence-corrected chi connectivity index (χ0v) is 16.2. The van der Waals surface area contributed by atoms with Crippen LogP contribution in [0.15, 0.2) is 42.5 Å². The first-order valence-corrected chi connectivity index (χ1v) is 10.2. The molecule has 4 heterocycles. The second-order valence-electron chi connectivity index (χ2n) is 8.39. The van der Waals surface area contributed by atoms with Gasteiger partial charge in [-0.1, -0.05) is 24.3 Å². The summed E-state index contributed by atoms with van der Waals surface area (Å²) in [7, 11) is 1.68. The largest absolute Gasteiger partial charge is 0.497 e. The van der Waals surface area contributed by atoms with Gasteiger partial charge < -0.3 is 4.74 Å². The van der Waals surface area contributed by atoms with Gasteiger partial charge in [-0.2, -0.15) is 0 Å². The van der Waals surface area contributed by atoms with E-state index in [1.54, 1.807) is 19.2 Å². The van der Waals surface area contributed by atoms with Gasteiger partial charge in [0.1, 0.15) is 5.75 Å². The monoisotopic (exact) mass is 384 g/mol. The Balaban J connectivity index is 1.49. The highest BCUT2D eigenvalue weighted by molar-refractivity contribution is 5.31. The molecule has 0 amide bonds. The van der Waals surface area contributed by atoms with Crippen LogP contribution in [0.3, 0.4) is 0 Å². The van der Waals surface area contributed by atoms with Gasteiger partial charge in [-0.3, -0.25) is 9.80 Å². The number of ether oxygens (including phenoxy) is 1. The van der Waals surface area contributed by atoms with Crippen molar-refractivity contribution in [3.05, 3.63) is 65.2 Å². The molecular formula is C23H26F2N2O. The van der Waals surface area contributed by atoms with Gasteiger partial charge in [0, 0.05) is 31.1 Å². The molecule has 0 unspecified atom stereocenters. The van der Waals surface area contributed by atoms with Crippen LogP contribution in [0.5, 0.6) is 5.75 Å². The fourth-order valence-corrected chi connectivity index (χ4v) is 5.81. The van der Waals surface area contributed by atoms with E-state index in [1.807, 2.05) is 12.1 Å². The van der Waals surface area contributed by atoms with E-state index in [0.29, 0.717) is 17.5 Å². The molecule has 0 saturated carbocycles. The fourth-order valence-electron chi connectivity index (χ4n) is 5.81. The lowest BCUT2D eigenvalue weighted by Gasteiger charge is -2.51. The summed E-state index contributed by atoms with van der Waals surface area (Å²) in [6.07, 6.45) is 2.41. The van der Waals surface area contributed by atoms with Crippen molar-refractivity contribution in [1.82, 2.24) is 9.80 Å². The number of nitrogens with zero attached hydrogens (tertiary/aromatic N) is 2. The van der Waals surface area contributed by atoms with Gasteiger partial charge in [0.2, 0.25) is 0 Å². The summed E-state index contributed by atoms with van der Waals surface area (Å²) >= 11 is 0. The minimum absolute atomic E-state index is 0.00871. The summed E-state index contributed by atoms with van der Waals surface area (Å²) in [5.41, 5.74) is 1.74. The van der Waals surface area contributed by atoms with Crippen molar-refractivity contribution in [2.75, 3.05) is 26.7 Å². The molecule has 148 valence electrons. The highest BCUT2D eigenvalue weighted by atomic mass is 19.2. The van der Waals surface area contributed by atoms with Crippen molar-refractivity contribution in [3.8, 4) is 5.75 Å². The molecule has 4 aliphatic heterocycles. The van der Waals surface area contributed by atoms with Crippen molar-refractivity contribution < 1.29 is 13.5 Å². The van der Waals surface area contributed by atoms with Gasteiger partial charge in [0.05, 0.1) is 7.11 Å². The number of likely N-dealkylation sites (tertiary alicyclic amines) is 1. The normalized spacial score (nSPS) is 31.8. The molecular weight excluding hydrogens is 358 g/mol. The maximum Gasteiger partial charge on any atom is 0.162 e. The number of piperidine rings is 3. The van der Waals surface area contributed by atoms with Crippen LogP contribution in [0.2, 0.25) is 0 Å². The maximum absolute atomic E-state index is 14.7. The lowest BCUT2D eigenvalue weighted by atomic mass is 9.75. The number of methoxy groups -OCH3 is 1. The summed E-state index contributed by atoms with van der Waals surface area (Å²) < 4.78 is 34.0. The molecule has 0 radical (unpaired) electrons. The molecule has 2 aromatic carbocycles. The highest BCUT2D eigenvalue weighted by Gasteiger charge is 2.53. The van der Waals surface area contributed by atoms with Crippen LogP contribution in [0.4, 0.5) is 8.78 Å². The van der Waals surface area contributed by atoms with E-state index in [0.717, 1.165) is 31.9 Å². The van der Waals surface area contributed by atoms with Gasteiger partial charge in [-0.25, -0.2) is 8.78 Å². The van der Waals surface area contributed by atoms with Gasteiger partial charge in [-0.05, 0) is 61.2 Å². The van der Waals surface area contributed by atoms with E-state index >= 15 is 0 Å². The summed E-state index contributed by atoms with van der Waals surface area (Å²) in [6, 6.07) is 13.5. The second kappa shape index (κ2) is 7.12. The standard InChI is InChI=1S/C23H26F2N2O/c1-28-17-5-2-4-15(12-17)13-27-14-19(18-6-3-7-20(24)21(18)25)23-22(27)16-8-10-26(23)11-9-16/h2-7,12,16,19,22-23H,8-11,13-14H2,1H3/t19-,22+,23+/m0/s1. The number of hydrogen-bond acceptors (Lipinski definition) is 3. The van der Waals surface area contributed by atoms with Crippen LogP contribution in [0.25, 0.3) is 0 Å². The first kappa shape index (κ1) is 18.1. The minimum Gasteiger partial charge on any atom is -0.497 e. The van der Waals surface area contributed by atoms with E-state index in [-0.39, 0.29) is 12.0 Å². The Labute approximate surface area is 164 Å². The van der Waals surface area contributed by atoms with Crippen LogP contribution in [-0.4, -0.2) is 48.6 Å². The van der Waals surface area contributed by atoms with Gasteiger partial charge >= 0.3 is 0 Å². The van der Waals surface area contributed by atoms with Gasteiger partial charge in [-0.15, -0.1) is 0 Å². The van der Waals surface area contributed by atoms with Crippen molar-refractivity contribution in [2.24, 2.45) is 5.92 Å². The summed E-state index contributed by atoms with van der Waals surface area (Å²) in [4.78, 5) is 5.02. The molecule has 3 nitrogen and oxygen atoms in total. The molecule has 4 fully saturated rings. The van der Waals surface area contributed by atoms with E-state index in [2.05, 4.69) is 21.9 Å². The minimum atomic E-state index is -0.740. The number of hydrogen-bond donors (Lipinski definition) is 0. The quantitative estimate of drug-likeness (QED) is 0.791. The third-order valence-electron chi connectivity index (χ3n) is 6.99. The van der Waals surface area contributed by atoms with Crippen LogP contribution in [-0.2, 0) is 6.54 Å². The maximum atomic E-state index is 14.7. The Hall–Kier alpha value is -1.98. The summed E-state index contributed by atoms with van der Waals surface area (Å²) in [5.74, 6) is 0.0971. The molecule has 2 aromatic rings. The molecule has 28 heavy (non-hydrogen) atoms. The summed E-state index contributed by atoms with van der Waals surface area (Å²) in [5, 5.41) is 0. The van der Waals surface area contributed by atoms with E-state index in [9.17, 15) is 8.78 Å². The first-order chi connectivity index (χ1) is 13.7. The molecule has 0 N–H and O–H groups in total. The molecule has 5 heteroatoms. The first-order valence-electron chi connectivity index (χ1n) is 10.2. The average Bonchev–Trinajstić information content (AvgIpc) is 3.12. The van der Waals surface area contributed by atoms with E-state index in [1.165, 1.54) is 24.5 Å². The van der Waals surface area contributed by atoms with Crippen LogP contribution in [0, 0.1) is 17.6 Å². The van der Waals surface area contributed by atoms with Gasteiger partial charge in [0.25, 0.3) is 0 Å². The SMILES string of the molecule is COc1cccc(CN2C[C@@H](c3cccc(F)c3F)[C@@H]3[C@H]2C2CCN3CC2)c1. The van der Waals surface area contributed by atoms with Crippen LogP contribution < -0.4 is 4.74 Å². The Bertz CT molecular complexity index is 865. The molecule has 4 saturated heterocycles. The van der Waals surface area contributed by atoms with Crippen molar-refractivity contribution in [3.63, 3.8) is 0 Å². The Morgan fingerprint density at radius 2 is 1.82 bits per heavy atom. The number of rotatable bonds is 4. The number of halogens is 2. The average molecular weight is 384 g/mol. The van der Waals surface area contributed by atoms with Crippen molar-refractivity contribution >= 4 is 0 Å². The molecule has 2 bridgehead atoms. The van der Waals surface area contributed by atoms with E-state index < -0.39 is 11.6 Å². The zero-order valence-electron chi connectivity index (χ0n) is 16.2. The van der Waals surface area contributed by atoms with Gasteiger partial charge in [0.15, 0.2) is 11.6 Å². The topological polar surface area (TPSA) is 15.7 Å². The zero-order chi connectivity index (χ0) is 19.3. The number of benzene rings is 2. The summed E-state index contributed by atoms with van der Waals surface area (Å²) in [6.45, 7) is 3.73. The van der Waals surface area contributed by atoms with E-state index in [4.69, 9.17) is 4.74 Å². The molecule has 3 atom stereocenters. The lowest BCUT2D eigenvalue weighted by Crippen LogP contribution is -2.60. The smallest absolute Gasteiger partial charge is 0.162 e. The van der Waals surface area contributed by atoms with Crippen molar-refractivity contribution in [1.29, 1.82) is 0 Å². The number of fused-ring (bicyclic) bond motifs is 2. The molecule has 6 rings (SSSR count). The highest BCUT2D eigenvalue weighted by Crippen LogP contribution is 2.47. The van der Waals surface area contributed by atoms with Crippen LogP contribution >= 0.6 is 0 Å². The molecule has 0 spiro atoms. The predicted molar refractivity (Wildman–Crippen MR) is 104 cm³/mol. The molecule has 0 aromatic heterocycles. The Morgan fingerprint density at radius 1 is 1.04 bits per heavy atom. The molecule has 0 aliphatic carbocycles. The fraction of sp³-hybridized carbons (Fsp3) is 0.478. The third-order valence-corrected chi connectivity index (χ3v) is 6.99. The lowest BCUT2D eigenvalue weighted by molar-refractivity contribution is -0.00889.